The molecule has 80 valence electrons. The van der Waals surface area contributed by atoms with Gasteiger partial charge in [-0.15, -0.1) is 0 Å². The van der Waals surface area contributed by atoms with E-state index < -0.39 is 10.8 Å². The van der Waals surface area contributed by atoms with E-state index in [1.807, 2.05) is 27.0 Å². The van der Waals surface area contributed by atoms with Gasteiger partial charge in [0.05, 0.1) is 17.1 Å². The lowest BCUT2D eigenvalue weighted by atomic mass is 10.4. The van der Waals surface area contributed by atoms with Crippen molar-refractivity contribution in [2.24, 2.45) is 12.8 Å². The molecule has 0 saturated heterocycles. The number of nitrogens with two attached hydrogens (primary N) is 1. The second-order valence-electron chi connectivity index (χ2n) is 3.47. The first-order chi connectivity index (χ1) is 6.54. The largest absolute Gasteiger partial charge is 0.329 e. The molecule has 0 aliphatic heterocycles. The zero-order chi connectivity index (χ0) is 10.7. The molecule has 0 bridgehead atoms. The van der Waals surface area contributed by atoms with Crippen LogP contribution in [0.4, 0.5) is 0 Å². The van der Waals surface area contributed by atoms with E-state index in [0.29, 0.717) is 12.3 Å². The van der Waals surface area contributed by atoms with Gasteiger partial charge in [0.25, 0.3) is 0 Å². The lowest BCUT2D eigenvalue weighted by Crippen LogP contribution is -2.23. The van der Waals surface area contributed by atoms with Crippen molar-refractivity contribution in [2.45, 2.75) is 24.9 Å². The second-order valence-corrected chi connectivity index (χ2v) is 5.33. The van der Waals surface area contributed by atoms with E-state index in [4.69, 9.17) is 5.73 Å². The Hall–Kier alpha value is -0.680. The third-order valence-corrected chi connectivity index (χ3v) is 3.84. The van der Waals surface area contributed by atoms with Crippen LogP contribution in [0.1, 0.15) is 18.3 Å². The molecule has 4 nitrogen and oxygen atoms in total. The molecule has 1 aromatic rings. The van der Waals surface area contributed by atoms with Crippen LogP contribution in [0.5, 0.6) is 0 Å². The highest BCUT2D eigenvalue weighted by Gasteiger charge is 2.12. The summed E-state index contributed by atoms with van der Waals surface area (Å²) in [5, 5.41) is 4.25. The molecular weight excluding hydrogens is 198 g/mol. The zero-order valence-corrected chi connectivity index (χ0v) is 9.67. The number of nitrogens with zero attached hydrogens (tertiary/aromatic N) is 2. The average Bonchev–Trinajstić information content (AvgIpc) is 2.44. The molecule has 14 heavy (non-hydrogen) atoms. The van der Waals surface area contributed by atoms with E-state index in [1.165, 1.54) is 0 Å². The Morgan fingerprint density at radius 1 is 1.71 bits per heavy atom. The minimum absolute atomic E-state index is 0.0465. The first-order valence-corrected chi connectivity index (χ1v) is 5.99. The summed E-state index contributed by atoms with van der Waals surface area (Å²) in [6.45, 7) is 4.29. The summed E-state index contributed by atoms with van der Waals surface area (Å²) >= 11 is 0. The number of aryl methyl sites for hydroxylation is 2. The van der Waals surface area contributed by atoms with E-state index in [-0.39, 0.29) is 5.25 Å². The van der Waals surface area contributed by atoms with Crippen LogP contribution >= 0.6 is 0 Å². The van der Waals surface area contributed by atoms with Crippen molar-refractivity contribution in [3.8, 4) is 0 Å². The third kappa shape index (κ3) is 2.65. The van der Waals surface area contributed by atoms with Crippen LogP contribution < -0.4 is 5.73 Å². The van der Waals surface area contributed by atoms with Gasteiger partial charge in [-0.1, -0.05) is 0 Å². The van der Waals surface area contributed by atoms with Crippen LogP contribution in [0.15, 0.2) is 6.07 Å². The predicted molar refractivity (Wildman–Crippen MR) is 58.3 cm³/mol. The van der Waals surface area contributed by atoms with Gasteiger partial charge in [-0.25, -0.2) is 0 Å². The maximum atomic E-state index is 11.7. The van der Waals surface area contributed by atoms with Crippen LogP contribution in [-0.2, 0) is 23.6 Å². The van der Waals surface area contributed by atoms with Gasteiger partial charge in [0.2, 0.25) is 0 Å². The minimum atomic E-state index is -0.899. The smallest absolute Gasteiger partial charge is 0.0658 e. The number of hydrogen-bond acceptors (Lipinski definition) is 3. The van der Waals surface area contributed by atoms with Crippen molar-refractivity contribution in [1.29, 1.82) is 0 Å². The van der Waals surface area contributed by atoms with Crippen LogP contribution in [0.3, 0.4) is 0 Å². The molecule has 5 heteroatoms. The average molecular weight is 215 g/mol. The highest BCUT2D eigenvalue weighted by atomic mass is 32.2. The fourth-order valence-corrected chi connectivity index (χ4v) is 2.26. The van der Waals surface area contributed by atoms with Gasteiger partial charge >= 0.3 is 0 Å². The quantitative estimate of drug-likeness (QED) is 0.787. The van der Waals surface area contributed by atoms with E-state index >= 15 is 0 Å². The highest BCUT2D eigenvalue weighted by Crippen LogP contribution is 2.07. The van der Waals surface area contributed by atoms with E-state index in [9.17, 15) is 4.21 Å². The monoisotopic (exact) mass is 215 g/mol. The highest BCUT2D eigenvalue weighted by molar-refractivity contribution is 7.84. The van der Waals surface area contributed by atoms with Crippen molar-refractivity contribution in [3.05, 3.63) is 17.5 Å². The molecule has 0 amide bonds. The number of rotatable bonds is 4. The fraction of sp³-hybridized carbons (Fsp3) is 0.667. The van der Waals surface area contributed by atoms with E-state index in [0.717, 1.165) is 11.4 Å². The zero-order valence-electron chi connectivity index (χ0n) is 8.86. The lowest BCUT2D eigenvalue weighted by Gasteiger charge is -2.08. The van der Waals surface area contributed by atoms with Crippen molar-refractivity contribution < 1.29 is 4.21 Å². The van der Waals surface area contributed by atoms with Gasteiger partial charge < -0.3 is 5.73 Å². The Balaban J connectivity index is 2.69. The van der Waals surface area contributed by atoms with Gasteiger partial charge in [-0.05, 0) is 19.9 Å². The van der Waals surface area contributed by atoms with Crippen LogP contribution in [0.2, 0.25) is 0 Å². The van der Waals surface area contributed by atoms with Gasteiger partial charge in [0.1, 0.15) is 0 Å². The molecular formula is C9H17N3OS. The SMILES string of the molecule is Cc1cc(CS(=O)C(C)CN)n(C)n1. The van der Waals surface area contributed by atoms with Crippen LogP contribution in [0, 0.1) is 6.92 Å². The summed E-state index contributed by atoms with van der Waals surface area (Å²) < 4.78 is 13.5. The molecule has 1 rings (SSSR count). The second kappa shape index (κ2) is 4.70. The molecule has 2 atom stereocenters. The first-order valence-electron chi connectivity index (χ1n) is 4.61. The Morgan fingerprint density at radius 2 is 2.36 bits per heavy atom. The predicted octanol–water partition coefficient (Wildman–Crippen LogP) is 0.324. The van der Waals surface area contributed by atoms with E-state index in [2.05, 4.69) is 5.10 Å². The van der Waals surface area contributed by atoms with Crippen LogP contribution in [-0.4, -0.2) is 25.8 Å². The maximum Gasteiger partial charge on any atom is 0.0658 e. The molecule has 0 aromatic carbocycles. The van der Waals surface area contributed by atoms with Gasteiger partial charge in [0, 0.05) is 29.6 Å². The minimum Gasteiger partial charge on any atom is -0.329 e. The summed E-state index contributed by atoms with van der Waals surface area (Å²) in [6.07, 6.45) is 0. The molecule has 0 aliphatic carbocycles. The normalized spacial score (nSPS) is 15.4. The first kappa shape index (κ1) is 11.4. The molecule has 0 fully saturated rings. The molecule has 1 heterocycles. The Kier molecular flexibility index (Phi) is 3.83. The molecule has 0 spiro atoms. The molecule has 1 aromatic heterocycles. The van der Waals surface area contributed by atoms with Crippen molar-refractivity contribution in [1.82, 2.24) is 9.78 Å². The third-order valence-electron chi connectivity index (χ3n) is 2.17. The topological polar surface area (TPSA) is 60.9 Å². The molecule has 0 saturated carbocycles. The molecule has 0 aliphatic rings. The molecule has 0 radical (unpaired) electrons. The van der Waals surface area contributed by atoms with E-state index in [1.54, 1.807) is 4.68 Å². The number of hydrogen-bond donors (Lipinski definition) is 1. The number of aromatic nitrogens is 2. The summed E-state index contributed by atoms with van der Waals surface area (Å²) in [7, 11) is 0.969. The molecule has 2 N–H and O–H groups in total. The Labute approximate surface area is 86.9 Å². The summed E-state index contributed by atoms with van der Waals surface area (Å²) in [4.78, 5) is 0. The fourth-order valence-electron chi connectivity index (χ4n) is 1.19. The summed E-state index contributed by atoms with van der Waals surface area (Å²) in [6, 6.07) is 1.96. The summed E-state index contributed by atoms with van der Waals surface area (Å²) in [5.74, 6) is 0.537. The standard InChI is InChI=1S/C9H17N3OS/c1-7-4-9(12(3)11-7)6-14(13)8(2)5-10/h4,8H,5-6,10H2,1-3H3. The van der Waals surface area contributed by atoms with Crippen molar-refractivity contribution >= 4 is 10.8 Å². The van der Waals surface area contributed by atoms with Crippen LogP contribution in [0.25, 0.3) is 0 Å². The van der Waals surface area contributed by atoms with Gasteiger partial charge in [-0.3, -0.25) is 8.89 Å². The maximum absolute atomic E-state index is 11.7. The Morgan fingerprint density at radius 3 is 2.79 bits per heavy atom. The van der Waals surface area contributed by atoms with Crippen molar-refractivity contribution in [3.63, 3.8) is 0 Å². The van der Waals surface area contributed by atoms with Gasteiger partial charge in [0.15, 0.2) is 0 Å². The molecule has 2 unspecified atom stereocenters. The lowest BCUT2D eigenvalue weighted by molar-refractivity contribution is 0.666. The van der Waals surface area contributed by atoms with Gasteiger partial charge in [-0.2, -0.15) is 5.10 Å². The Bertz CT molecular complexity index is 335. The summed E-state index contributed by atoms with van der Waals surface area (Å²) in [5.41, 5.74) is 7.41. The van der Waals surface area contributed by atoms with Crippen molar-refractivity contribution in [2.75, 3.05) is 6.54 Å².